The number of anilines is 1. The Morgan fingerprint density at radius 1 is 1.48 bits per heavy atom. The lowest BCUT2D eigenvalue weighted by Gasteiger charge is -2.21. The maximum Gasteiger partial charge on any atom is 0.328 e. The van der Waals surface area contributed by atoms with Gasteiger partial charge >= 0.3 is 5.97 Å². The Labute approximate surface area is 120 Å². The molecule has 21 heavy (non-hydrogen) atoms. The van der Waals surface area contributed by atoms with Crippen molar-refractivity contribution in [3.63, 3.8) is 0 Å². The van der Waals surface area contributed by atoms with Gasteiger partial charge in [0, 0.05) is 18.7 Å². The predicted molar refractivity (Wildman–Crippen MR) is 76.8 cm³/mol. The fraction of sp³-hybridized carbons (Fsp3) is 0.231. The highest BCUT2D eigenvalue weighted by Gasteiger charge is 2.20. The number of hydrogen-bond donors (Lipinski definition) is 2. The second-order valence-electron chi connectivity index (χ2n) is 4.16. The number of carbonyl (C=O) groups excluding carboxylic acids is 1. The zero-order valence-electron chi connectivity index (χ0n) is 11.4. The summed E-state index contributed by atoms with van der Waals surface area (Å²) in [7, 11) is 0. The molecule has 1 aromatic rings. The summed E-state index contributed by atoms with van der Waals surface area (Å²) in [4.78, 5) is 33.5. The molecule has 0 unspecified atom stereocenters. The maximum atomic E-state index is 11.1. The molecule has 112 valence electrons. The Bertz CT molecular complexity index is 597. The van der Waals surface area contributed by atoms with E-state index in [1.165, 1.54) is 29.2 Å². The number of rotatable bonds is 7. The summed E-state index contributed by atoms with van der Waals surface area (Å²) in [6, 6.07) is 4.25. The van der Waals surface area contributed by atoms with Gasteiger partial charge in [0.05, 0.1) is 11.5 Å². The molecular weight excluding hydrogens is 278 g/mol. The zero-order chi connectivity index (χ0) is 16.0. The standard InChI is InChI=1S/C13H15N3O5/c1-2-15(8-12(14)17)10-5-3-9(4-6-13(18)19)7-11(10)16(20)21/h3-7H,2,8H2,1H3,(H2,14,17)(H,18,19)/b6-4+. The number of nitrogens with two attached hydrogens (primary N) is 1. The highest BCUT2D eigenvalue weighted by molar-refractivity contribution is 5.86. The lowest BCUT2D eigenvalue weighted by Crippen LogP contribution is -2.34. The molecule has 1 aromatic carbocycles. The van der Waals surface area contributed by atoms with Crippen LogP contribution in [-0.2, 0) is 9.59 Å². The molecule has 0 radical (unpaired) electrons. The van der Waals surface area contributed by atoms with Gasteiger partial charge in [0.25, 0.3) is 5.69 Å². The molecule has 0 saturated heterocycles. The summed E-state index contributed by atoms with van der Waals surface area (Å²) in [5.41, 5.74) is 5.54. The molecule has 0 aliphatic rings. The Kier molecular flexibility index (Phi) is 5.41. The number of nitro benzene ring substituents is 1. The number of hydrogen-bond acceptors (Lipinski definition) is 5. The number of amides is 1. The van der Waals surface area contributed by atoms with Crippen LogP contribution in [0.15, 0.2) is 24.3 Å². The third-order valence-corrected chi connectivity index (χ3v) is 2.68. The molecule has 1 rings (SSSR count). The van der Waals surface area contributed by atoms with E-state index in [2.05, 4.69) is 0 Å². The van der Waals surface area contributed by atoms with Crippen molar-refractivity contribution in [2.75, 3.05) is 18.0 Å². The van der Waals surface area contributed by atoms with Crippen LogP contribution in [0.25, 0.3) is 6.08 Å². The van der Waals surface area contributed by atoms with Crippen LogP contribution < -0.4 is 10.6 Å². The van der Waals surface area contributed by atoms with Gasteiger partial charge in [-0.1, -0.05) is 6.07 Å². The molecule has 0 spiro atoms. The van der Waals surface area contributed by atoms with E-state index in [-0.39, 0.29) is 17.9 Å². The third kappa shape index (κ3) is 4.60. The number of benzene rings is 1. The van der Waals surface area contributed by atoms with Crippen molar-refractivity contribution in [2.45, 2.75) is 6.92 Å². The minimum atomic E-state index is -1.15. The molecule has 0 heterocycles. The summed E-state index contributed by atoms with van der Waals surface area (Å²) < 4.78 is 0. The van der Waals surface area contributed by atoms with E-state index >= 15 is 0 Å². The summed E-state index contributed by atoms with van der Waals surface area (Å²) in [5.74, 6) is -1.74. The van der Waals surface area contributed by atoms with Crippen LogP contribution in [0.3, 0.4) is 0 Å². The van der Waals surface area contributed by atoms with Crippen LogP contribution in [0.2, 0.25) is 0 Å². The number of aliphatic carboxylic acids is 1. The van der Waals surface area contributed by atoms with Gasteiger partial charge in [0.2, 0.25) is 5.91 Å². The van der Waals surface area contributed by atoms with E-state index in [0.717, 1.165) is 6.08 Å². The van der Waals surface area contributed by atoms with Crippen LogP contribution >= 0.6 is 0 Å². The van der Waals surface area contributed by atoms with Crippen molar-refractivity contribution in [1.82, 2.24) is 0 Å². The molecular formula is C13H15N3O5. The first-order valence-electron chi connectivity index (χ1n) is 6.07. The molecule has 0 aliphatic heterocycles. The van der Waals surface area contributed by atoms with Crippen molar-refractivity contribution < 1.29 is 19.6 Å². The van der Waals surface area contributed by atoms with Gasteiger partial charge < -0.3 is 15.7 Å². The van der Waals surface area contributed by atoms with E-state index in [9.17, 15) is 19.7 Å². The minimum absolute atomic E-state index is 0.137. The molecule has 0 aromatic heterocycles. The lowest BCUT2D eigenvalue weighted by atomic mass is 10.1. The highest BCUT2D eigenvalue weighted by Crippen LogP contribution is 2.29. The first-order valence-corrected chi connectivity index (χ1v) is 6.07. The van der Waals surface area contributed by atoms with Gasteiger partial charge in [-0.3, -0.25) is 14.9 Å². The van der Waals surface area contributed by atoms with Gasteiger partial charge in [-0.25, -0.2) is 4.79 Å². The molecule has 1 amide bonds. The van der Waals surface area contributed by atoms with Crippen LogP contribution in [0, 0.1) is 10.1 Å². The quantitative estimate of drug-likeness (QED) is 0.438. The average molecular weight is 293 g/mol. The van der Waals surface area contributed by atoms with Crippen LogP contribution in [0.1, 0.15) is 12.5 Å². The molecule has 3 N–H and O–H groups in total. The number of carboxylic acid groups (broad SMARTS) is 1. The third-order valence-electron chi connectivity index (χ3n) is 2.68. The molecule has 0 bridgehead atoms. The first kappa shape index (κ1) is 16.2. The molecule has 0 saturated carbocycles. The largest absolute Gasteiger partial charge is 0.478 e. The number of nitrogens with zero attached hydrogens (tertiary/aromatic N) is 2. The Hall–Kier alpha value is -2.90. The summed E-state index contributed by atoms with van der Waals surface area (Å²) in [6.45, 7) is 1.97. The van der Waals surface area contributed by atoms with Crippen molar-refractivity contribution >= 4 is 29.3 Å². The maximum absolute atomic E-state index is 11.1. The Morgan fingerprint density at radius 2 is 2.14 bits per heavy atom. The zero-order valence-corrected chi connectivity index (χ0v) is 11.4. The summed E-state index contributed by atoms with van der Waals surface area (Å²) in [5, 5.41) is 19.7. The SMILES string of the molecule is CCN(CC(N)=O)c1ccc(/C=C/C(=O)O)cc1[N+](=O)[O-]. The van der Waals surface area contributed by atoms with Crippen LogP contribution in [-0.4, -0.2) is 35.0 Å². The fourth-order valence-corrected chi connectivity index (χ4v) is 1.78. The fourth-order valence-electron chi connectivity index (χ4n) is 1.78. The smallest absolute Gasteiger partial charge is 0.328 e. The molecule has 0 atom stereocenters. The molecule has 0 aliphatic carbocycles. The number of likely N-dealkylation sites (N-methyl/N-ethyl adjacent to an activating group) is 1. The summed E-state index contributed by atoms with van der Waals surface area (Å²) in [6.07, 6.45) is 2.14. The Morgan fingerprint density at radius 3 is 2.62 bits per heavy atom. The Balaban J connectivity index is 3.23. The van der Waals surface area contributed by atoms with Gasteiger partial charge in [-0.2, -0.15) is 0 Å². The van der Waals surface area contributed by atoms with Crippen molar-refractivity contribution in [1.29, 1.82) is 0 Å². The van der Waals surface area contributed by atoms with Crippen molar-refractivity contribution in [2.24, 2.45) is 5.73 Å². The van der Waals surface area contributed by atoms with E-state index in [1.54, 1.807) is 6.92 Å². The van der Waals surface area contributed by atoms with E-state index in [1.807, 2.05) is 0 Å². The van der Waals surface area contributed by atoms with Gasteiger partial charge in [0.15, 0.2) is 0 Å². The van der Waals surface area contributed by atoms with Crippen LogP contribution in [0.4, 0.5) is 11.4 Å². The topological polar surface area (TPSA) is 127 Å². The van der Waals surface area contributed by atoms with E-state index < -0.39 is 16.8 Å². The number of carbonyl (C=O) groups is 2. The van der Waals surface area contributed by atoms with Crippen molar-refractivity contribution in [3.05, 3.63) is 40.0 Å². The van der Waals surface area contributed by atoms with Crippen LogP contribution in [0.5, 0.6) is 0 Å². The van der Waals surface area contributed by atoms with E-state index in [0.29, 0.717) is 12.1 Å². The number of carboxylic acids is 1. The van der Waals surface area contributed by atoms with Crippen molar-refractivity contribution in [3.8, 4) is 0 Å². The lowest BCUT2D eigenvalue weighted by molar-refractivity contribution is -0.384. The molecule has 8 nitrogen and oxygen atoms in total. The van der Waals surface area contributed by atoms with Gasteiger partial charge in [0.1, 0.15) is 5.69 Å². The monoisotopic (exact) mass is 293 g/mol. The summed E-state index contributed by atoms with van der Waals surface area (Å²) >= 11 is 0. The predicted octanol–water partition coefficient (Wildman–Crippen LogP) is 1.00. The normalized spacial score (nSPS) is 10.5. The second kappa shape index (κ2) is 7.04. The first-order chi connectivity index (χ1) is 9.85. The molecule has 0 fully saturated rings. The average Bonchev–Trinajstić information content (AvgIpc) is 2.42. The number of primary amides is 1. The van der Waals surface area contributed by atoms with E-state index in [4.69, 9.17) is 10.8 Å². The van der Waals surface area contributed by atoms with Gasteiger partial charge in [-0.15, -0.1) is 0 Å². The molecule has 8 heteroatoms. The highest BCUT2D eigenvalue weighted by atomic mass is 16.6. The second-order valence-corrected chi connectivity index (χ2v) is 4.16. The van der Waals surface area contributed by atoms with Gasteiger partial charge in [-0.05, 0) is 24.6 Å². The minimum Gasteiger partial charge on any atom is -0.478 e. The number of nitro groups is 1.